The van der Waals surface area contributed by atoms with Crippen LogP contribution in [0.15, 0.2) is 54.6 Å². The number of para-hydroxylation sites is 1. The molecule has 2 unspecified atom stereocenters. The van der Waals surface area contributed by atoms with Gasteiger partial charge in [-0.15, -0.1) is 0 Å². The number of hydrogen-bond acceptors (Lipinski definition) is 7. The number of piperidine rings is 3. The summed E-state index contributed by atoms with van der Waals surface area (Å²) < 4.78 is 90.0. The number of aliphatic hydroxyl groups is 2. The molecule has 0 radical (unpaired) electrons. The number of hydrogen-bond donors (Lipinski definition) is 3. The maximum absolute atomic E-state index is 14.3. The standard InChI is InChI=1S/C15H19ClF3NO.C15H19F4NO.C14H18N2O/c2*1-2-20-8-6-10(7-9-20)11-4-3-5-12(13(11)16)14(21)15(17,18)19;1-2-16-8-6-11(7-9-16)13-5-3-4-12(10-15)14(13)17/h2*3-5,10,14,21H,2,6-9H2,1H3;3-5,11,17H,2,6-9H2,1H3. The van der Waals surface area contributed by atoms with Gasteiger partial charge in [-0.1, -0.05) is 80.9 Å². The molecular formula is C44H56ClF7N4O3. The number of phenols is 1. The molecule has 326 valence electrons. The van der Waals surface area contributed by atoms with E-state index in [1.807, 2.05) is 25.1 Å². The topological polar surface area (TPSA) is 94.2 Å². The molecule has 3 N–H and O–H groups in total. The molecule has 3 heterocycles. The second-order valence-corrected chi connectivity index (χ2v) is 15.7. The van der Waals surface area contributed by atoms with Crippen LogP contribution in [0.3, 0.4) is 0 Å². The Balaban J connectivity index is 0.000000197. The number of nitrogens with zero attached hydrogens (tertiary/aromatic N) is 4. The minimum absolute atomic E-state index is 0.0530. The van der Waals surface area contributed by atoms with Gasteiger partial charge < -0.3 is 30.0 Å². The third-order valence-electron chi connectivity index (χ3n) is 11.9. The van der Waals surface area contributed by atoms with Gasteiger partial charge in [0.25, 0.3) is 0 Å². The monoisotopic (exact) mass is 856 g/mol. The zero-order valence-electron chi connectivity index (χ0n) is 33.8. The first-order chi connectivity index (χ1) is 27.9. The highest BCUT2D eigenvalue weighted by molar-refractivity contribution is 6.32. The van der Waals surface area contributed by atoms with Gasteiger partial charge in [-0.05, 0) is 138 Å². The molecule has 0 saturated carbocycles. The number of aliphatic hydroxyl groups excluding tert-OH is 2. The molecule has 3 fully saturated rings. The Labute approximate surface area is 348 Å². The van der Waals surface area contributed by atoms with Crippen LogP contribution in [0, 0.1) is 17.1 Å². The lowest BCUT2D eigenvalue weighted by Gasteiger charge is -2.32. The number of halogens is 8. The van der Waals surface area contributed by atoms with Crippen LogP contribution in [0.4, 0.5) is 30.7 Å². The Morgan fingerprint density at radius 3 is 1.41 bits per heavy atom. The predicted molar refractivity (Wildman–Crippen MR) is 215 cm³/mol. The maximum atomic E-state index is 14.3. The number of aromatic hydroxyl groups is 1. The van der Waals surface area contributed by atoms with Crippen LogP contribution in [0.5, 0.6) is 5.75 Å². The number of rotatable bonds is 8. The van der Waals surface area contributed by atoms with E-state index in [0.29, 0.717) is 17.0 Å². The molecule has 59 heavy (non-hydrogen) atoms. The van der Waals surface area contributed by atoms with Crippen molar-refractivity contribution < 1.29 is 46.1 Å². The van der Waals surface area contributed by atoms with Gasteiger partial charge in [-0.25, -0.2) is 4.39 Å². The Morgan fingerprint density at radius 1 is 0.627 bits per heavy atom. The molecule has 0 bridgehead atoms. The van der Waals surface area contributed by atoms with Crippen molar-refractivity contribution in [2.24, 2.45) is 0 Å². The number of likely N-dealkylation sites (tertiary alicyclic amines) is 3. The van der Waals surface area contributed by atoms with Crippen LogP contribution in [0.1, 0.15) is 123 Å². The molecule has 0 spiro atoms. The summed E-state index contributed by atoms with van der Waals surface area (Å²) in [6.45, 7) is 14.9. The summed E-state index contributed by atoms with van der Waals surface area (Å²) in [6, 6.07) is 16.0. The van der Waals surface area contributed by atoms with E-state index in [-0.39, 0.29) is 33.7 Å². The van der Waals surface area contributed by atoms with Gasteiger partial charge in [0, 0.05) is 11.1 Å². The fourth-order valence-corrected chi connectivity index (χ4v) is 8.59. The van der Waals surface area contributed by atoms with E-state index < -0.39 is 35.9 Å². The van der Waals surface area contributed by atoms with Gasteiger partial charge in [0.15, 0.2) is 12.2 Å². The summed E-state index contributed by atoms with van der Waals surface area (Å²) in [5.74, 6) is -0.276. The molecule has 0 amide bonds. The minimum atomic E-state index is -4.86. The minimum Gasteiger partial charge on any atom is -0.506 e. The third-order valence-corrected chi connectivity index (χ3v) is 12.4. The van der Waals surface area contributed by atoms with Crippen molar-refractivity contribution in [3.63, 3.8) is 0 Å². The van der Waals surface area contributed by atoms with Crippen LogP contribution in [0.2, 0.25) is 5.02 Å². The SMILES string of the molecule is CCN1CCC(c2cccc(C#N)c2O)CC1.CCN1CCC(c2cccc(C(O)C(F)(F)F)c2Cl)CC1.CCN1CCC(c2cccc(C(O)C(F)(F)F)c2F)CC1. The van der Waals surface area contributed by atoms with Crippen LogP contribution in [0.25, 0.3) is 0 Å². The molecule has 6 rings (SSSR count). The smallest absolute Gasteiger partial charge is 0.418 e. The molecule has 3 aliphatic rings. The first-order valence-electron chi connectivity index (χ1n) is 20.4. The molecule has 7 nitrogen and oxygen atoms in total. The molecular weight excluding hydrogens is 801 g/mol. The highest BCUT2D eigenvalue weighted by atomic mass is 35.5. The summed E-state index contributed by atoms with van der Waals surface area (Å²) in [5.41, 5.74) is 1.40. The Morgan fingerprint density at radius 2 is 0.983 bits per heavy atom. The highest BCUT2D eigenvalue weighted by Gasteiger charge is 2.42. The molecule has 15 heteroatoms. The van der Waals surface area contributed by atoms with Crippen molar-refractivity contribution in [2.45, 2.75) is 102 Å². The normalized spacial score (nSPS) is 19.2. The Hall–Kier alpha value is -3.45. The van der Waals surface area contributed by atoms with Crippen molar-refractivity contribution in [3.8, 4) is 11.8 Å². The van der Waals surface area contributed by atoms with Crippen molar-refractivity contribution in [1.82, 2.24) is 14.7 Å². The Kier molecular flexibility index (Phi) is 17.9. The van der Waals surface area contributed by atoms with Crippen LogP contribution in [-0.4, -0.2) is 101 Å². The summed E-state index contributed by atoms with van der Waals surface area (Å²) in [5, 5.41) is 37.7. The fraction of sp³-hybridized carbons (Fsp3) is 0.568. The van der Waals surface area contributed by atoms with E-state index in [1.54, 1.807) is 12.1 Å². The number of benzene rings is 3. The maximum Gasteiger partial charge on any atom is 0.418 e. The second-order valence-electron chi connectivity index (χ2n) is 15.4. The van der Waals surface area contributed by atoms with Crippen LogP contribution >= 0.6 is 11.6 Å². The molecule has 3 aromatic carbocycles. The van der Waals surface area contributed by atoms with Crippen molar-refractivity contribution in [3.05, 3.63) is 98.8 Å². The van der Waals surface area contributed by atoms with Crippen molar-refractivity contribution in [2.75, 3.05) is 58.9 Å². The van der Waals surface area contributed by atoms with E-state index in [9.17, 15) is 46.1 Å². The quantitative estimate of drug-likeness (QED) is 0.194. The fourth-order valence-electron chi connectivity index (χ4n) is 8.20. The summed E-state index contributed by atoms with van der Waals surface area (Å²) >= 11 is 6.14. The van der Waals surface area contributed by atoms with E-state index in [2.05, 4.69) is 28.5 Å². The lowest BCUT2D eigenvalue weighted by Crippen LogP contribution is -2.33. The first-order valence-corrected chi connectivity index (χ1v) is 20.8. The number of phenolic OH excluding ortho intramolecular Hbond substituents is 1. The first kappa shape index (κ1) is 48.2. The van der Waals surface area contributed by atoms with Crippen molar-refractivity contribution in [1.29, 1.82) is 5.26 Å². The van der Waals surface area contributed by atoms with Crippen LogP contribution < -0.4 is 0 Å². The van der Waals surface area contributed by atoms with E-state index in [0.717, 1.165) is 109 Å². The summed E-state index contributed by atoms with van der Waals surface area (Å²) in [4.78, 5) is 6.95. The van der Waals surface area contributed by atoms with Gasteiger partial charge >= 0.3 is 12.4 Å². The molecule has 2 atom stereocenters. The van der Waals surface area contributed by atoms with Crippen molar-refractivity contribution >= 4 is 11.6 Å². The lowest BCUT2D eigenvalue weighted by atomic mass is 9.87. The largest absolute Gasteiger partial charge is 0.506 e. The Bertz CT molecular complexity index is 1730. The third kappa shape index (κ3) is 12.8. The molecule has 3 aromatic rings. The molecule has 0 aliphatic carbocycles. The van der Waals surface area contributed by atoms with Crippen LogP contribution in [-0.2, 0) is 0 Å². The van der Waals surface area contributed by atoms with E-state index in [1.165, 1.54) is 24.3 Å². The molecule has 3 saturated heterocycles. The van der Waals surface area contributed by atoms with Gasteiger partial charge in [0.2, 0.25) is 0 Å². The van der Waals surface area contributed by atoms with Gasteiger partial charge in [-0.3, -0.25) is 0 Å². The average molecular weight is 857 g/mol. The lowest BCUT2D eigenvalue weighted by molar-refractivity contribution is -0.207. The predicted octanol–water partition coefficient (Wildman–Crippen LogP) is 10.2. The molecule has 3 aliphatic heterocycles. The van der Waals surface area contributed by atoms with E-state index >= 15 is 0 Å². The summed E-state index contributed by atoms with van der Waals surface area (Å²) in [7, 11) is 0. The average Bonchev–Trinajstić information content (AvgIpc) is 3.23. The number of alkyl halides is 6. The van der Waals surface area contributed by atoms with Gasteiger partial charge in [-0.2, -0.15) is 31.6 Å². The molecule has 0 aromatic heterocycles. The highest BCUT2D eigenvalue weighted by Crippen LogP contribution is 2.42. The van der Waals surface area contributed by atoms with Gasteiger partial charge in [0.1, 0.15) is 17.6 Å². The summed E-state index contributed by atoms with van der Waals surface area (Å²) in [6.07, 6.45) is -9.54. The number of nitriles is 1. The second kappa shape index (κ2) is 21.9. The van der Waals surface area contributed by atoms with E-state index in [4.69, 9.17) is 16.9 Å². The zero-order chi connectivity index (χ0) is 43.5. The van der Waals surface area contributed by atoms with Gasteiger partial charge in [0.05, 0.1) is 10.6 Å². The zero-order valence-corrected chi connectivity index (χ0v) is 34.6.